The number of aromatic nitrogens is 2. The normalized spacial score (nSPS) is 10.6. The van der Waals surface area contributed by atoms with Gasteiger partial charge in [-0.1, -0.05) is 29.8 Å². The summed E-state index contributed by atoms with van der Waals surface area (Å²) in [5, 5.41) is 3.98. The number of nitrogens with zero attached hydrogens (tertiary/aromatic N) is 2. The number of thiazole rings is 1. The first-order valence-electron chi connectivity index (χ1n) is 8.31. The zero-order chi connectivity index (χ0) is 17.6. The molecule has 1 aromatic carbocycles. The van der Waals surface area contributed by atoms with Gasteiger partial charge in [0, 0.05) is 25.4 Å². The second-order valence-corrected chi connectivity index (χ2v) is 7.13. The molecule has 3 rings (SSSR count). The number of aryl methyl sites for hydroxylation is 4. The van der Waals surface area contributed by atoms with Gasteiger partial charge in [-0.25, -0.2) is 4.98 Å². The van der Waals surface area contributed by atoms with Gasteiger partial charge in [-0.05, 0) is 43.5 Å². The number of benzene rings is 1. The highest BCUT2D eigenvalue weighted by Gasteiger charge is 2.15. The number of rotatable bonds is 6. The summed E-state index contributed by atoms with van der Waals surface area (Å²) < 4.78 is 0. The number of carbonyl (C=O) groups is 1. The van der Waals surface area contributed by atoms with Crippen LogP contribution in [0.5, 0.6) is 0 Å². The van der Waals surface area contributed by atoms with Crippen molar-refractivity contribution < 1.29 is 4.79 Å². The molecule has 2 heterocycles. The van der Waals surface area contributed by atoms with Gasteiger partial charge in [0.1, 0.15) is 4.88 Å². The zero-order valence-electron chi connectivity index (χ0n) is 14.5. The van der Waals surface area contributed by atoms with Crippen LogP contribution in [0.1, 0.15) is 37.1 Å². The second kappa shape index (κ2) is 8.03. The zero-order valence-corrected chi connectivity index (χ0v) is 15.3. The minimum Gasteiger partial charge on any atom is -0.347 e. The van der Waals surface area contributed by atoms with E-state index in [1.807, 2.05) is 31.2 Å². The van der Waals surface area contributed by atoms with E-state index in [4.69, 9.17) is 0 Å². The molecule has 0 radical (unpaired) electrons. The van der Waals surface area contributed by atoms with Crippen molar-refractivity contribution in [3.63, 3.8) is 0 Å². The van der Waals surface area contributed by atoms with Crippen molar-refractivity contribution in [3.05, 3.63) is 81.1 Å². The quantitative estimate of drug-likeness (QED) is 0.733. The third-order valence-corrected chi connectivity index (χ3v) is 5.21. The molecule has 25 heavy (non-hydrogen) atoms. The Labute approximate surface area is 152 Å². The maximum atomic E-state index is 12.4. The summed E-state index contributed by atoms with van der Waals surface area (Å²) in [6.07, 6.45) is 5.33. The SMILES string of the molecule is Cc1ccc(CNC(=O)c2sc(CCc3ccncc3)nc2C)cc1. The Kier molecular flexibility index (Phi) is 5.56. The number of hydrogen-bond acceptors (Lipinski definition) is 4. The lowest BCUT2D eigenvalue weighted by Gasteiger charge is -2.04. The Hall–Kier alpha value is -2.53. The van der Waals surface area contributed by atoms with Crippen LogP contribution in [0.2, 0.25) is 0 Å². The molecular weight excluding hydrogens is 330 g/mol. The molecule has 1 N–H and O–H groups in total. The van der Waals surface area contributed by atoms with Crippen LogP contribution >= 0.6 is 11.3 Å². The van der Waals surface area contributed by atoms with E-state index in [0.717, 1.165) is 29.1 Å². The highest BCUT2D eigenvalue weighted by atomic mass is 32.1. The standard InChI is InChI=1S/C20H21N3OS/c1-14-3-5-17(6-4-14)13-22-20(24)19-15(2)23-18(25-19)8-7-16-9-11-21-12-10-16/h3-6,9-12H,7-8,13H2,1-2H3,(H,22,24). The lowest BCUT2D eigenvalue weighted by molar-refractivity contribution is 0.0954. The summed E-state index contributed by atoms with van der Waals surface area (Å²) in [6.45, 7) is 4.48. The van der Waals surface area contributed by atoms with Gasteiger partial charge in [0.25, 0.3) is 5.91 Å². The number of hydrogen-bond donors (Lipinski definition) is 1. The minimum absolute atomic E-state index is 0.0502. The van der Waals surface area contributed by atoms with Crippen LogP contribution in [0.15, 0.2) is 48.8 Å². The molecule has 0 spiro atoms. The molecule has 3 aromatic rings. The summed E-state index contributed by atoms with van der Waals surface area (Å²) in [4.78, 5) is 21.7. The van der Waals surface area contributed by atoms with Crippen molar-refractivity contribution in [1.82, 2.24) is 15.3 Å². The van der Waals surface area contributed by atoms with Crippen molar-refractivity contribution in [2.24, 2.45) is 0 Å². The van der Waals surface area contributed by atoms with E-state index < -0.39 is 0 Å². The molecule has 2 aromatic heterocycles. The molecule has 0 aliphatic rings. The maximum absolute atomic E-state index is 12.4. The molecule has 5 heteroatoms. The van der Waals surface area contributed by atoms with Crippen molar-refractivity contribution in [2.45, 2.75) is 33.2 Å². The van der Waals surface area contributed by atoms with Crippen LogP contribution in [0.4, 0.5) is 0 Å². The number of nitrogens with one attached hydrogen (secondary N) is 1. The van der Waals surface area contributed by atoms with Crippen molar-refractivity contribution in [3.8, 4) is 0 Å². The Bertz CT molecular complexity index is 841. The van der Waals surface area contributed by atoms with Crippen LogP contribution in [0, 0.1) is 13.8 Å². The Balaban J connectivity index is 1.59. The van der Waals surface area contributed by atoms with Gasteiger partial charge >= 0.3 is 0 Å². The van der Waals surface area contributed by atoms with Gasteiger partial charge < -0.3 is 5.32 Å². The van der Waals surface area contributed by atoms with Crippen LogP contribution in [0.3, 0.4) is 0 Å². The van der Waals surface area contributed by atoms with E-state index in [0.29, 0.717) is 11.4 Å². The molecule has 0 saturated heterocycles. The highest BCUT2D eigenvalue weighted by Crippen LogP contribution is 2.20. The summed E-state index contributed by atoms with van der Waals surface area (Å²) in [6, 6.07) is 12.2. The van der Waals surface area contributed by atoms with Crippen LogP contribution in [0.25, 0.3) is 0 Å². The molecule has 1 amide bonds. The number of amides is 1. The monoisotopic (exact) mass is 351 g/mol. The fourth-order valence-corrected chi connectivity index (χ4v) is 3.52. The first-order valence-corrected chi connectivity index (χ1v) is 9.12. The summed E-state index contributed by atoms with van der Waals surface area (Å²) >= 11 is 1.49. The van der Waals surface area contributed by atoms with Crippen LogP contribution in [-0.2, 0) is 19.4 Å². The predicted octanol–water partition coefficient (Wildman–Crippen LogP) is 3.87. The van der Waals surface area contributed by atoms with Gasteiger partial charge in [0.05, 0.1) is 10.7 Å². The molecule has 0 atom stereocenters. The molecule has 0 bridgehead atoms. The van der Waals surface area contributed by atoms with Gasteiger partial charge in [0.15, 0.2) is 0 Å². The lowest BCUT2D eigenvalue weighted by atomic mass is 10.1. The van der Waals surface area contributed by atoms with Crippen LogP contribution in [-0.4, -0.2) is 15.9 Å². The topological polar surface area (TPSA) is 54.9 Å². The first kappa shape index (κ1) is 17.3. The fraction of sp³-hybridized carbons (Fsp3) is 0.250. The molecule has 0 saturated carbocycles. The van der Waals surface area contributed by atoms with Gasteiger partial charge in [-0.15, -0.1) is 11.3 Å². The van der Waals surface area contributed by atoms with Gasteiger partial charge in [-0.2, -0.15) is 0 Å². The molecule has 128 valence electrons. The van der Waals surface area contributed by atoms with E-state index in [1.54, 1.807) is 12.4 Å². The minimum atomic E-state index is -0.0502. The largest absolute Gasteiger partial charge is 0.347 e. The third-order valence-electron chi connectivity index (χ3n) is 4.00. The van der Waals surface area contributed by atoms with E-state index in [9.17, 15) is 4.79 Å². The highest BCUT2D eigenvalue weighted by molar-refractivity contribution is 7.13. The summed E-state index contributed by atoms with van der Waals surface area (Å²) in [5.41, 5.74) is 4.34. The first-order chi connectivity index (χ1) is 12.1. The van der Waals surface area contributed by atoms with Crippen LogP contribution < -0.4 is 5.32 Å². The average molecular weight is 351 g/mol. The summed E-state index contributed by atoms with van der Waals surface area (Å²) in [5.74, 6) is -0.0502. The molecule has 0 unspecified atom stereocenters. The number of pyridine rings is 1. The molecule has 4 nitrogen and oxygen atoms in total. The van der Waals surface area contributed by atoms with Gasteiger partial charge in [0.2, 0.25) is 0 Å². The van der Waals surface area contributed by atoms with Crippen molar-refractivity contribution >= 4 is 17.2 Å². The predicted molar refractivity (Wildman–Crippen MR) is 101 cm³/mol. The Morgan fingerprint density at radius 3 is 2.44 bits per heavy atom. The van der Waals surface area contributed by atoms with Crippen molar-refractivity contribution in [2.75, 3.05) is 0 Å². The van der Waals surface area contributed by atoms with E-state index >= 15 is 0 Å². The maximum Gasteiger partial charge on any atom is 0.263 e. The second-order valence-electron chi connectivity index (χ2n) is 6.05. The Morgan fingerprint density at radius 1 is 1.00 bits per heavy atom. The van der Waals surface area contributed by atoms with E-state index in [2.05, 4.69) is 34.3 Å². The summed E-state index contributed by atoms with van der Waals surface area (Å²) in [7, 11) is 0. The molecule has 0 aliphatic carbocycles. The van der Waals surface area contributed by atoms with E-state index in [1.165, 1.54) is 22.5 Å². The molecule has 0 aliphatic heterocycles. The lowest BCUT2D eigenvalue weighted by Crippen LogP contribution is -2.22. The van der Waals surface area contributed by atoms with Crippen molar-refractivity contribution in [1.29, 1.82) is 0 Å². The smallest absolute Gasteiger partial charge is 0.263 e. The average Bonchev–Trinajstić information content (AvgIpc) is 3.01. The fourth-order valence-electron chi connectivity index (χ4n) is 2.54. The molecular formula is C20H21N3OS. The molecule has 0 fully saturated rings. The Morgan fingerprint density at radius 2 is 1.72 bits per heavy atom. The van der Waals surface area contributed by atoms with Gasteiger partial charge in [-0.3, -0.25) is 9.78 Å². The number of carbonyl (C=O) groups excluding carboxylic acids is 1. The van der Waals surface area contributed by atoms with E-state index in [-0.39, 0.29) is 5.91 Å². The third kappa shape index (κ3) is 4.73.